The molecule has 13 heavy (non-hydrogen) atoms. The Bertz CT molecular complexity index is 392. The summed E-state index contributed by atoms with van der Waals surface area (Å²) in [5.74, 6) is -0.739. The number of carbonyl (C=O) groups excluding carboxylic acids is 1. The van der Waals surface area contributed by atoms with E-state index in [9.17, 15) is 4.79 Å². The lowest BCUT2D eigenvalue weighted by Crippen LogP contribution is -2.25. The van der Waals surface area contributed by atoms with E-state index in [1.807, 2.05) is 19.1 Å². The number of hydrogen-bond donors (Lipinski definition) is 1. The molecule has 0 aliphatic carbocycles. The van der Waals surface area contributed by atoms with Crippen LogP contribution in [0.5, 0.6) is 0 Å². The van der Waals surface area contributed by atoms with Gasteiger partial charge in [-0.2, -0.15) is 4.79 Å². The Morgan fingerprint density at radius 3 is 2.54 bits per heavy atom. The van der Waals surface area contributed by atoms with Gasteiger partial charge in [-0.25, -0.2) is 0 Å². The summed E-state index contributed by atoms with van der Waals surface area (Å²) in [5.41, 5.74) is 14.9. The molecule has 4 nitrogen and oxygen atoms in total. The van der Waals surface area contributed by atoms with Crippen molar-refractivity contribution in [2.45, 2.75) is 6.92 Å². The summed E-state index contributed by atoms with van der Waals surface area (Å²) < 4.78 is 0. The maximum absolute atomic E-state index is 10.8. The fourth-order valence-electron chi connectivity index (χ4n) is 1.07. The minimum Gasteiger partial charge on any atom is -0.361 e. The quantitative estimate of drug-likeness (QED) is 0.396. The van der Waals surface area contributed by atoms with Crippen molar-refractivity contribution in [3.8, 4) is 0 Å². The summed E-state index contributed by atoms with van der Waals surface area (Å²) in [4.78, 5) is 13.7. The van der Waals surface area contributed by atoms with E-state index in [1.54, 1.807) is 12.1 Å². The van der Waals surface area contributed by atoms with E-state index in [-0.39, 0.29) is 5.71 Å². The largest absolute Gasteiger partial charge is 0.386 e. The van der Waals surface area contributed by atoms with Crippen molar-refractivity contribution < 1.29 is 9.58 Å². The maximum Gasteiger partial charge on any atom is 0.386 e. The highest BCUT2D eigenvalue weighted by molar-refractivity contribution is 6.42. The fourth-order valence-corrected chi connectivity index (χ4v) is 1.07. The Hall–Kier alpha value is -1.93. The number of rotatable bonds is 2. The Morgan fingerprint density at radius 2 is 2.08 bits per heavy atom. The SMILES string of the molecule is Cc1ccccc1C(=[N+]=[N-])C(N)=O. The molecule has 0 heterocycles. The number of nitrogens with zero attached hydrogens (tertiary/aromatic N) is 2. The van der Waals surface area contributed by atoms with Crippen LogP contribution in [0.25, 0.3) is 5.53 Å². The molecule has 1 aromatic carbocycles. The normalized spacial score (nSPS) is 9.00. The van der Waals surface area contributed by atoms with Gasteiger partial charge in [0, 0.05) is 0 Å². The zero-order valence-corrected chi connectivity index (χ0v) is 7.19. The summed E-state index contributed by atoms with van der Waals surface area (Å²) in [7, 11) is 0. The number of carbonyl (C=O) groups is 1. The summed E-state index contributed by atoms with van der Waals surface area (Å²) in [6, 6.07) is 7.06. The van der Waals surface area contributed by atoms with E-state index in [4.69, 9.17) is 11.3 Å². The van der Waals surface area contributed by atoms with Gasteiger partial charge in [0.15, 0.2) is 0 Å². The number of benzene rings is 1. The molecule has 0 fully saturated rings. The monoisotopic (exact) mass is 175 g/mol. The predicted molar refractivity (Wildman–Crippen MR) is 48.1 cm³/mol. The third-order valence-electron chi connectivity index (χ3n) is 1.73. The van der Waals surface area contributed by atoms with Gasteiger partial charge in [0.1, 0.15) is 0 Å². The molecule has 1 aromatic rings. The molecule has 1 rings (SSSR count). The van der Waals surface area contributed by atoms with Crippen LogP contribution in [0.3, 0.4) is 0 Å². The van der Waals surface area contributed by atoms with Crippen LogP contribution in [0.2, 0.25) is 0 Å². The molecule has 1 amide bonds. The standard InChI is InChI=1S/C9H9N3O/c1-6-4-2-3-5-7(6)8(12-11)9(10)13/h2-5H,1H3,(H2,10,13). The molecular weight excluding hydrogens is 166 g/mol. The van der Waals surface area contributed by atoms with E-state index >= 15 is 0 Å². The van der Waals surface area contributed by atoms with Crippen molar-refractivity contribution in [3.63, 3.8) is 0 Å². The van der Waals surface area contributed by atoms with Crippen molar-refractivity contribution in [2.24, 2.45) is 5.73 Å². The third kappa shape index (κ3) is 1.80. The van der Waals surface area contributed by atoms with Gasteiger partial charge in [0.05, 0.1) is 5.56 Å². The molecular formula is C9H9N3O. The Morgan fingerprint density at radius 1 is 1.46 bits per heavy atom. The molecule has 0 spiro atoms. The first kappa shape index (κ1) is 9.16. The molecule has 0 radical (unpaired) electrons. The van der Waals surface area contributed by atoms with E-state index in [2.05, 4.69) is 4.79 Å². The average molecular weight is 175 g/mol. The molecule has 0 aliphatic heterocycles. The van der Waals surface area contributed by atoms with Crippen LogP contribution in [0.15, 0.2) is 24.3 Å². The molecule has 0 saturated heterocycles. The van der Waals surface area contributed by atoms with Crippen molar-refractivity contribution in [1.29, 1.82) is 0 Å². The second kappa shape index (κ2) is 3.65. The van der Waals surface area contributed by atoms with Crippen LogP contribution < -0.4 is 5.73 Å². The number of hydrogen-bond acceptors (Lipinski definition) is 1. The Kier molecular flexibility index (Phi) is 2.57. The van der Waals surface area contributed by atoms with Crippen LogP contribution in [-0.4, -0.2) is 16.4 Å². The zero-order valence-electron chi connectivity index (χ0n) is 7.19. The molecule has 0 atom stereocenters. The van der Waals surface area contributed by atoms with E-state index in [0.29, 0.717) is 5.56 Å². The maximum atomic E-state index is 10.8. The topological polar surface area (TPSA) is 79.5 Å². The molecule has 0 unspecified atom stereocenters. The van der Waals surface area contributed by atoms with Gasteiger partial charge in [0.2, 0.25) is 0 Å². The highest BCUT2D eigenvalue weighted by Gasteiger charge is 2.20. The van der Waals surface area contributed by atoms with Crippen molar-refractivity contribution in [1.82, 2.24) is 0 Å². The lowest BCUT2D eigenvalue weighted by atomic mass is 10.0. The van der Waals surface area contributed by atoms with Gasteiger partial charge >= 0.3 is 11.6 Å². The van der Waals surface area contributed by atoms with Crippen LogP contribution >= 0.6 is 0 Å². The minimum atomic E-state index is -0.739. The van der Waals surface area contributed by atoms with Crippen molar-refractivity contribution in [2.75, 3.05) is 0 Å². The molecule has 0 bridgehead atoms. The number of amides is 1. The fraction of sp³-hybridized carbons (Fsp3) is 0.111. The second-order valence-electron chi connectivity index (χ2n) is 2.63. The molecule has 0 aliphatic rings. The first-order valence-corrected chi connectivity index (χ1v) is 3.74. The zero-order chi connectivity index (χ0) is 9.84. The molecule has 0 aromatic heterocycles. The molecule has 0 saturated carbocycles. The predicted octanol–water partition coefficient (Wildman–Crippen LogP) is 0.499. The van der Waals surface area contributed by atoms with E-state index in [0.717, 1.165) is 5.56 Å². The van der Waals surface area contributed by atoms with Crippen molar-refractivity contribution in [3.05, 3.63) is 40.9 Å². The summed E-state index contributed by atoms with van der Waals surface area (Å²) >= 11 is 0. The number of primary amides is 1. The van der Waals surface area contributed by atoms with Gasteiger partial charge in [0.25, 0.3) is 0 Å². The summed E-state index contributed by atoms with van der Waals surface area (Å²) in [5, 5.41) is 0. The van der Waals surface area contributed by atoms with Crippen LogP contribution in [0.4, 0.5) is 0 Å². The summed E-state index contributed by atoms with van der Waals surface area (Å²) in [6.45, 7) is 1.81. The van der Waals surface area contributed by atoms with E-state index < -0.39 is 5.91 Å². The van der Waals surface area contributed by atoms with Crippen molar-refractivity contribution >= 4 is 11.6 Å². The second-order valence-corrected chi connectivity index (χ2v) is 2.63. The van der Waals surface area contributed by atoms with Gasteiger partial charge in [-0.1, -0.05) is 18.2 Å². The van der Waals surface area contributed by atoms with Crippen LogP contribution in [-0.2, 0) is 4.79 Å². The average Bonchev–Trinajstić information content (AvgIpc) is 2.09. The third-order valence-corrected chi connectivity index (χ3v) is 1.73. The smallest absolute Gasteiger partial charge is 0.361 e. The number of aryl methyl sites for hydroxylation is 1. The van der Waals surface area contributed by atoms with Gasteiger partial charge in [-0.05, 0) is 18.6 Å². The van der Waals surface area contributed by atoms with Gasteiger partial charge in [-0.3, -0.25) is 4.79 Å². The Labute approximate surface area is 75.6 Å². The van der Waals surface area contributed by atoms with Gasteiger partial charge < -0.3 is 11.3 Å². The minimum absolute atomic E-state index is 0.113. The summed E-state index contributed by atoms with van der Waals surface area (Å²) in [6.07, 6.45) is 0. The lowest BCUT2D eigenvalue weighted by Gasteiger charge is -1.96. The number of nitrogens with two attached hydrogens (primary N) is 1. The molecule has 4 heteroatoms. The highest BCUT2D eigenvalue weighted by atomic mass is 16.1. The highest BCUT2D eigenvalue weighted by Crippen LogP contribution is 2.06. The molecule has 66 valence electrons. The van der Waals surface area contributed by atoms with Gasteiger partial charge in [-0.15, -0.1) is 0 Å². The lowest BCUT2D eigenvalue weighted by molar-refractivity contribution is -0.116. The van der Waals surface area contributed by atoms with Crippen LogP contribution in [0.1, 0.15) is 11.1 Å². The first-order valence-electron chi connectivity index (χ1n) is 3.74. The van der Waals surface area contributed by atoms with E-state index in [1.165, 1.54) is 0 Å². The Balaban J connectivity index is 3.29. The first-order chi connectivity index (χ1) is 6.16. The molecule has 2 N–H and O–H groups in total. The van der Waals surface area contributed by atoms with Crippen LogP contribution in [0, 0.1) is 6.92 Å².